The van der Waals surface area contributed by atoms with Crippen molar-refractivity contribution in [2.75, 3.05) is 6.54 Å². The second-order valence-electron chi connectivity index (χ2n) is 3.63. The fourth-order valence-electron chi connectivity index (χ4n) is 1.88. The van der Waals surface area contributed by atoms with E-state index in [1.165, 1.54) is 18.9 Å². The molecular weight excluding hydrogens is 165 g/mol. The lowest BCUT2D eigenvalue weighted by Crippen LogP contribution is -2.23. The van der Waals surface area contributed by atoms with E-state index in [2.05, 4.69) is 5.32 Å². The fourth-order valence-corrected chi connectivity index (χ4v) is 1.88. The average molecular weight is 179 g/mol. The highest BCUT2D eigenvalue weighted by Gasteiger charge is 2.14. The minimum atomic E-state index is -0.129. The van der Waals surface area contributed by atoms with Gasteiger partial charge in [0.15, 0.2) is 0 Å². The molecule has 1 nitrogen and oxygen atoms in total. The molecule has 1 fully saturated rings. The predicted octanol–water partition coefficient (Wildman–Crippen LogP) is 2.12. The van der Waals surface area contributed by atoms with Crippen LogP contribution in [0.25, 0.3) is 0 Å². The number of halogens is 1. The van der Waals surface area contributed by atoms with Gasteiger partial charge in [-0.2, -0.15) is 0 Å². The summed E-state index contributed by atoms with van der Waals surface area (Å²) < 4.78 is 12.8. The average Bonchev–Trinajstić information content (AvgIpc) is 2.57. The molecule has 0 saturated carbocycles. The van der Waals surface area contributed by atoms with Crippen LogP contribution in [0.15, 0.2) is 24.3 Å². The smallest absolute Gasteiger partial charge is 0.123 e. The van der Waals surface area contributed by atoms with Crippen LogP contribution in [0.3, 0.4) is 0 Å². The molecule has 0 unspecified atom stereocenters. The summed E-state index contributed by atoms with van der Waals surface area (Å²) in [5, 5.41) is 3.40. The van der Waals surface area contributed by atoms with Gasteiger partial charge in [-0.25, -0.2) is 4.39 Å². The van der Waals surface area contributed by atoms with Crippen LogP contribution in [0.1, 0.15) is 18.4 Å². The molecule has 1 aliphatic rings. The molecule has 0 spiro atoms. The minimum Gasteiger partial charge on any atom is -0.314 e. The van der Waals surface area contributed by atoms with E-state index in [1.807, 2.05) is 6.07 Å². The summed E-state index contributed by atoms with van der Waals surface area (Å²) >= 11 is 0. The van der Waals surface area contributed by atoms with Gasteiger partial charge in [0.1, 0.15) is 5.82 Å². The summed E-state index contributed by atoms with van der Waals surface area (Å²) in [4.78, 5) is 0. The van der Waals surface area contributed by atoms with Crippen LogP contribution < -0.4 is 5.32 Å². The van der Waals surface area contributed by atoms with E-state index in [9.17, 15) is 4.39 Å². The van der Waals surface area contributed by atoms with Crippen molar-refractivity contribution in [3.8, 4) is 0 Å². The molecule has 1 aromatic carbocycles. The molecule has 1 atom stereocenters. The Balaban J connectivity index is 2.00. The van der Waals surface area contributed by atoms with Crippen LogP contribution in [0.2, 0.25) is 0 Å². The third kappa shape index (κ3) is 2.28. The maximum atomic E-state index is 12.8. The molecule has 70 valence electrons. The van der Waals surface area contributed by atoms with Crippen molar-refractivity contribution < 1.29 is 4.39 Å². The van der Waals surface area contributed by atoms with Gasteiger partial charge in [-0.1, -0.05) is 12.1 Å². The number of nitrogens with one attached hydrogen (secondary N) is 1. The lowest BCUT2D eigenvalue weighted by molar-refractivity contribution is 0.593. The number of hydrogen-bond donors (Lipinski definition) is 1. The second kappa shape index (κ2) is 3.88. The first kappa shape index (κ1) is 8.70. The van der Waals surface area contributed by atoms with Crippen molar-refractivity contribution in [2.24, 2.45) is 0 Å². The van der Waals surface area contributed by atoms with Crippen molar-refractivity contribution in [1.29, 1.82) is 0 Å². The van der Waals surface area contributed by atoms with E-state index in [1.54, 1.807) is 12.1 Å². The van der Waals surface area contributed by atoms with Gasteiger partial charge >= 0.3 is 0 Å². The summed E-state index contributed by atoms with van der Waals surface area (Å²) in [5.41, 5.74) is 1.10. The molecule has 13 heavy (non-hydrogen) atoms. The highest BCUT2D eigenvalue weighted by Crippen LogP contribution is 2.12. The summed E-state index contributed by atoms with van der Waals surface area (Å²) in [5.74, 6) is -0.129. The number of rotatable bonds is 2. The van der Waals surface area contributed by atoms with Gasteiger partial charge in [0.25, 0.3) is 0 Å². The van der Waals surface area contributed by atoms with E-state index in [0.29, 0.717) is 6.04 Å². The maximum Gasteiger partial charge on any atom is 0.123 e. The first-order valence-corrected chi connectivity index (χ1v) is 4.82. The maximum absolute atomic E-state index is 12.8. The van der Waals surface area contributed by atoms with Gasteiger partial charge in [0.2, 0.25) is 0 Å². The Morgan fingerprint density at radius 3 is 3.08 bits per heavy atom. The Morgan fingerprint density at radius 1 is 1.46 bits per heavy atom. The molecule has 2 rings (SSSR count). The Hall–Kier alpha value is -0.890. The highest BCUT2D eigenvalue weighted by molar-refractivity contribution is 5.17. The highest BCUT2D eigenvalue weighted by atomic mass is 19.1. The van der Waals surface area contributed by atoms with Gasteiger partial charge in [-0.3, -0.25) is 0 Å². The van der Waals surface area contributed by atoms with Crippen molar-refractivity contribution in [3.05, 3.63) is 35.6 Å². The summed E-state index contributed by atoms with van der Waals surface area (Å²) in [7, 11) is 0. The van der Waals surface area contributed by atoms with Crippen LogP contribution in [-0.2, 0) is 6.42 Å². The zero-order valence-corrected chi connectivity index (χ0v) is 7.59. The normalized spacial score (nSPS) is 22.1. The Bertz CT molecular complexity index is 279. The first-order valence-electron chi connectivity index (χ1n) is 4.82. The largest absolute Gasteiger partial charge is 0.314 e. The number of hydrogen-bond acceptors (Lipinski definition) is 1. The van der Waals surface area contributed by atoms with Crippen LogP contribution in [0.4, 0.5) is 4.39 Å². The molecule has 1 saturated heterocycles. The van der Waals surface area contributed by atoms with Crippen molar-refractivity contribution in [1.82, 2.24) is 5.32 Å². The van der Waals surface area contributed by atoms with Gasteiger partial charge in [-0.05, 0) is 43.5 Å². The van der Waals surface area contributed by atoms with Crippen LogP contribution >= 0.6 is 0 Å². The molecular formula is C11H14FN. The zero-order valence-electron chi connectivity index (χ0n) is 7.59. The van der Waals surface area contributed by atoms with E-state index in [4.69, 9.17) is 0 Å². The summed E-state index contributed by atoms with van der Waals surface area (Å²) in [6, 6.07) is 7.44. The first-order chi connectivity index (χ1) is 6.34. The van der Waals surface area contributed by atoms with Crippen molar-refractivity contribution in [2.45, 2.75) is 25.3 Å². The van der Waals surface area contributed by atoms with Crippen molar-refractivity contribution >= 4 is 0 Å². The zero-order chi connectivity index (χ0) is 9.10. The summed E-state index contributed by atoms with van der Waals surface area (Å²) in [6.07, 6.45) is 3.42. The van der Waals surface area contributed by atoms with Gasteiger partial charge in [0, 0.05) is 6.04 Å². The molecule has 1 aromatic rings. The van der Waals surface area contributed by atoms with E-state index in [0.717, 1.165) is 18.5 Å². The molecule has 1 aliphatic heterocycles. The van der Waals surface area contributed by atoms with Gasteiger partial charge < -0.3 is 5.32 Å². The monoisotopic (exact) mass is 179 g/mol. The van der Waals surface area contributed by atoms with E-state index < -0.39 is 0 Å². The Labute approximate surface area is 78.0 Å². The SMILES string of the molecule is Fc1cccc(C[C@@H]2CCCN2)c1. The lowest BCUT2D eigenvalue weighted by atomic mass is 10.0. The van der Waals surface area contributed by atoms with E-state index in [-0.39, 0.29) is 5.82 Å². The van der Waals surface area contributed by atoms with Crippen LogP contribution in [-0.4, -0.2) is 12.6 Å². The summed E-state index contributed by atoms with van der Waals surface area (Å²) in [6.45, 7) is 1.11. The van der Waals surface area contributed by atoms with Crippen LogP contribution in [0.5, 0.6) is 0 Å². The minimum absolute atomic E-state index is 0.129. The van der Waals surface area contributed by atoms with Gasteiger partial charge in [-0.15, -0.1) is 0 Å². The van der Waals surface area contributed by atoms with Crippen molar-refractivity contribution in [3.63, 3.8) is 0 Å². The van der Waals surface area contributed by atoms with E-state index >= 15 is 0 Å². The Kier molecular flexibility index (Phi) is 2.60. The molecule has 0 bridgehead atoms. The molecule has 0 aromatic heterocycles. The third-order valence-electron chi connectivity index (χ3n) is 2.53. The van der Waals surface area contributed by atoms with Crippen LogP contribution in [0, 0.1) is 5.82 Å². The molecule has 2 heteroatoms. The standard InChI is InChI=1S/C11H14FN/c12-10-4-1-3-9(7-10)8-11-5-2-6-13-11/h1,3-4,7,11,13H,2,5-6,8H2/t11-/m0/s1. The third-order valence-corrected chi connectivity index (χ3v) is 2.53. The topological polar surface area (TPSA) is 12.0 Å². The van der Waals surface area contributed by atoms with Gasteiger partial charge in [0.05, 0.1) is 0 Å². The Morgan fingerprint density at radius 2 is 2.38 bits per heavy atom. The molecule has 1 heterocycles. The second-order valence-corrected chi connectivity index (χ2v) is 3.63. The quantitative estimate of drug-likeness (QED) is 0.733. The fraction of sp³-hybridized carbons (Fsp3) is 0.455. The lowest BCUT2D eigenvalue weighted by Gasteiger charge is -2.09. The molecule has 0 aliphatic carbocycles. The molecule has 1 N–H and O–H groups in total. The molecule has 0 radical (unpaired) electrons. The predicted molar refractivity (Wildman–Crippen MR) is 51.1 cm³/mol. The molecule has 0 amide bonds. The number of benzene rings is 1.